The Morgan fingerprint density at radius 3 is 2.33 bits per heavy atom. The number of nitrogens with one attached hydrogen (secondary N) is 2. The van der Waals surface area contributed by atoms with Gasteiger partial charge in [-0.2, -0.15) is 0 Å². The van der Waals surface area contributed by atoms with Crippen molar-refractivity contribution in [2.45, 2.75) is 77.1 Å². The van der Waals surface area contributed by atoms with Gasteiger partial charge in [-0.05, 0) is 5.92 Å². The van der Waals surface area contributed by atoms with Crippen LogP contribution in [0.5, 0.6) is 0 Å². The van der Waals surface area contributed by atoms with Crippen molar-refractivity contribution in [3.05, 3.63) is 0 Å². The molecule has 122 valence electrons. The van der Waals surface area contributed by atoms with Crippen LogP contribution in [0.2, 0.25) is 0 Å². The molecule has 5 N–H and O–H groups in total. The molecule has 0 aromatic rings. The lowest BCUT2D eigenvalue weighted by molar-refractivity contribution is -1.14. The van der Waals surface area contributed by atoms with Crippen LogP contribution in [-0.4, -0.2) is 58.4 Å². The fourth-order valence-electron chi connectivity index (χ4n) is 4.74. The highest BCUT2D eigenvalue weighted by Gasteiger charge is 2.73. The Labute approximate surface area is 126 Å². The molecular formula is C15H30N2O4+2. The molecule has 0 saturated carbocycles. The van der Waals surface area contributed by atoms with E-state index >= 15 is 0 Å². The molecule has 0 bridgehead atoms. The van der Waals surface area contributed by atoms with E-state index < -0.39 is 24.5 Å². The summed E-state index contributed by atoms with van der Waals surface area (Å²) in [6, 6.07) is -0.381. The van der Waals surface area contributed by atoms with Crippen molar-refractivity contribution in [1.29, 1.82) is 0 Å². The largest absolute Gasteiger partial charge is 0.372 e. The molecule has 3 fully saturated rings. The van der Waals surface area contributed by atoms with Crippen LogP contribution in [0, 0.1) is 11.8 Å². The van der Waals surface area contributed by atoms with Gasteiger partial charge in [-0.1, -0.05) is 27.7 Å². The van der Waals surface area contributed by atoms with Gasteiger partial charge in [-0.3, -0.25) is 9.64 Å². The number of hydrogen-bond donors (Lipinski definition) is 5. The van der Waals surface area contributed by atoms with E-state index in [9.17, 15) is 15.3 Å². The van der Waals surface area contributed by atoms with E-state index in [2.05, 4.69) is 0 Å². The first kappa shape index (κ1) is 15.6. The van der Waals surface area contributed by atoms with Gasteiger partial charge in [0.25, 0.3) is 0 Å². The van der Waals surface area contributed by atoms with Gasteiger partial charge < -0.3 is 15.3 Å². The fourth-order valence-corrected chi connectivity index (χ4v) is 4.74. The van der Waals surface area contributed by atoms with E-state index in [4.69, 9.17) is 4.74 Å². The third-order valence-corrected chi connectivity index (χ3v) is 5.69. The van der Waals surface area contributed by atoms with Gasteiger partial charge in [-0.15, -0.1) is 0 Å². The second-order valence-corrected chi connectivity index (χ2v) is 7.66. The van der Waals surface area contributed by atoms with Crippen LogP contribution < -0.4 is 9.80 Å². The molecule has 0 spiro atoms. The molecule has 0 radical (unpaired) electrons. The maximum atomic E-state index is 11.3. The molecule has 0 aliphatic carbocycles. The van der Waals surface area contributed by atoms with E-state index in [1.807, 2.05) is 27.7 Å². The number of fused-ring (bicyclic) bond motifs is 3. The second-order valence-electron chi connectivity index (χ2n) is 7.66. The summed E-state index contributed by atoms with van der Waals surface area (Å²) in [5.41, 5.74) is 0. The topological polar surface area (TPSA) is 78.8 Å². The molecule has 3 saturated heterocycles. The number of aliphatic hydroxyl groups excluding tert-OH is 2. The smallest absolute Gasteiger partial charge is 0.343 e. The summed E-state index contributed by atoms with van der Waals surface area (Å²) in [6.07, 6.45) is 0.0624. The first-order chi connectivity index (χ1) is 9.79. The predicted molar refractivity (Wildman–Crippen MR) is 75.1 cm³/mol. The zero-order valence-corrected chi connectivity index (χ0v) is 13.4. The molecule has 3 aliphatic rings. The Kier molecular flexibility index (Phi) is 3.83. The third kappa shape index (κ3) is 2.08. The van der Waals surface area contributed by atoms with Crippen LogP contribution in [0.3, 0.4) is 0 Å². The highest BCUT2D eigenvalue weighted by Crippen LogP contribution is 2.28. The Morgan fingerprint density at radius 1 is 1.10 bits per heavy atom. The lowest BCUT2D eigenvalue weighted by Crippen LogP contribution is -3.40. The summed E-state index contributed by atoms with van der Waals surface area (Å²) in [7, 11) is 0. The minimum atomic E-state index is -1.38. The van der Waals surface area contributed by atoms with E-state index in [1.165, 1.54) is 0 Å². The summed E-state index contributed by atoms with van der Waals surface area (Å²) in [5, 5.41) is 32.8. The number of quaternary nitrogens is 2. The molecule has 0 amide bonds. The first-order valence-electron chi connectivity index (χ1n) is 8.28. The van der Waals surface area contributed by atoms with E-state index in [0.717, 1.165) is 24.3 Å². The minimum Gasteiger partial charge on any atom is -0.343 e. The maximum absolute atomic E-state index is 11.3. The summed E-state index contributed by atoms with van der Waals surface area (Å²) in [6.45, 7) is 8.92. The van der Waals surface area contributed by atoms with E-state index in [1.54, 1.807) is 0 Å². The van der Waals surface area contributed by atoms with Crippen LogP contribution in [0.25, 0.3) is 0 Å². The zero-order chi connectivity index (χ0) is 15.5. The molecule has 6 heteroatoms. The summed E-state index contributed by atoms with van der Waals surface area (Å²) in [4.78, 5) is 1.65. The summed E-state index contributed by atoms with van der Waals surface area (Å²) < 4.78 is 6.01. The summed E-state index contributed by atoms with van der Waals surface area (Å²) in [5.74, 6) is -1.11. The van der Waals surface area contributed by atoms with Crippen LogP contribution >= 0.6 is 0 Å². The van der Waals surface area contributed by atoms with Crippen molar-refractivity contribution in [2.75, 3.05) is 6.54 Å². The molecule has 3 rings (SSSR count). The number of rotatable bonds is 2. The normalized spacial score (nSPS) is 53.3. The lowest BCUT2D eigenvalue weighted by atomic mass is 9.92. The maximum Gasteiger partial charge on any atom is 0.372 e. The van der Waals surface area contributed by atoms with Crippen molar-refractivity contribution in [1.82, 2.24) is 0 Å². The fraction of sp³-hybridized carbons (Fsp3) is 1.00. The van der Waals surface area contributed by atoms with Gasteiger partial charge in [0.1, 0.15) is 6.10 Å². The summed E-state index contributed by atoms with van der Waals surface area (Å²) >= 11 is 0. The van der Waals surface area contributed by atoms with Crippen molar-refractivity contribution in [2.24, 2.45) is 11.8 Å². The van der Waals surface area contributed by atoms with E-state index in [0.29, 0.717) is 4.90 Å². The zero-order valence-electron chi connectivity index (χ0n) is 13.4. The Balaban J connectivity index is 2.03. The van der Waals surface area contributed by atoms with Crippen LogP contribution in [0.15, 0.2) is 0 Å². The van der Waals surface area contributed by atoms with Crippen molar-refractivity contribution in [3.63, 3.8) is 0 Å². The highest BCUT2D eigenvalue weighted by atomic mass is 16.7. The molecule has 0 aromatic carbocycles. The molecule has 3 heterocycles. The van der Waals surface area contributed by atoms with E-state index in [-0.39, 0.29) is 23.9 Å². The average molecular weight is 302 g/mol. The molecule has 0 aromatic heterocycles. The van der Waals surface area contributed by atoms with Crippen LogP contribution in [0.1, 0.15) is 40.5 Å². The van der Waals surface area contributed by atoms with Crippen molar-refractivity contribution in [3.8, 4) is 0 Å². The number of ether oxygens (including phenoxy) is 1. The van der Waals surface area contributed by atoms with Crippen LogP contribution in [0.4, 0.5) is 0 Å². The quantitative estimate of drug-likeness (QED) is 0.384. The standard InChI is InChI=1S/C15H28N2O4/c1-8(2)11-13(18)16-7-5-6-10(16)15(20)17(11)14(19)12(21-15)9(3)4/h8-14,18-20H,5-7H2,1-4H3/p+2/t10-,11+,12+,13+,14-,15-/m1/s1. The van der Waals surface area contributed by atoms with Crippen molar-refractivity contribution >= 4 is 0 Å². The van der Waals surface area contributed by atoms with Gasteiger partial charge >= 0.3 is 5.91 Å². The van der Waals surface area contributed by atoms with Gasteiger partial charge in [0.15, 0.2) is 6.04 Å². The Morgan fingerprint density at radius 2 is 1.76 bits per heavy atom. The van der Waals surface area contributed by atoms with Gasteiger partial charge in [-0.25, -0.2) is 4.90 Å². The van der Waals surface area contributed by atoms with Gasteiger partial charge in [0.05, 0.1) is 6.54 Å². The second kappa shape index (κ2) is 5.15. The van der Waals surface area contributed by atoms with Gasteiger partial charge in [0, 0.05) is 18.8 Å². The third-order valence-electron chi connectivity index (χ3n) is 5.69. The number of piperazine rings is 1. The van der Waals surface area contributed by atoms with Crippen LogP contribution in [-0.2, 0) is 4.74 Å². The average Bonchev–Trinajstić information content (AvgIpc) is 2.97. The Hall–Kier alpha value is -0.240. The SMILES string of the molecule is CC(C)[C@@H]1O[C@]2(O)[C@H]3CCC[NH+]3[C@@H](O)[C@H](C(C)C)[NH+]2[C@@H]1O. The highest BCUT2D eigenvalue weighted by molar-refractivity contribution is 4.87. The molecule has 3 aliphatic heterocycles. The lowest BCUT2D eigenvalue weighted by Gasteiger charge is -2.48. The molecule has 6 nitrogen and oxygen atoms in total. The number of aliphatic hydroxyl groups is 3. The molecule has 8 atom stereocenters. The first-order valence-corrected chi connectivity index (χ1v) is 8.28. The number of hydrogen-bond acceptors (Lipinski definition) is 4. The predicted octanol–water partition coefficient (Wildman–Crippen LogP) is -2.71. The Bertz CT molecular complexity index is 405. The molecular weight excluding hydrogens is 272 g/mol. The minimum absolute atomic E-state index is 0.122. The monoisotopic (exact) mass is 302 g/mol. The molecule has 21 heavy (non-hydrogen) atoms. The molecule has 2 unspecified atom stereocenters. The van der Waals surface area contributed by atoms with Gasteiger partial charge in [0.2, 0.25) is 18.5 Å². The van der Waals surface area contributed by atoms with Crippen molar-refractivity contribution < 1.29 is 29.9 Å².